The van der Waals surface area contributed by atoms with Crippen molar-refractivity contribution in [1.82, 2.24) is 9.97 Å². The lowest BCUT2D eigenvalue weighted by atomic mass is 10.2. The monoisotopic (exact) mass is 342 g/mol. The van der Waals surface area contributed by atoms with E-state index >= 15 is 0 Å². The Hall–Kier alpha value is -2.79. The van der Waals surface area contributed by atoms with Gasteiger partial charge >= 0.3 is 0 Å². The Balaban J connectivity index is 2.03. The lowest BCUT2D eigenvalue weighted by Gasteiger charge is -2.08. The van der Waals surface area contributed by atoms with Crippen molar-refractivity contribution in [2.24, 2.45) is 0 Å². The molecule has 0 amide bonds. The quantitative estimate of drug-likeness (QED) is 0.784. The first-order chi connectivity index (χ1) is 11.6. The van der Waals surface area contributed by atoms with Gasteiger partial charge in [0.15, 0.2) is 11.5 Å². The van der Waals surface area contributed by atoms with Crippen LogP contribution in [0.1, 0.15) is 11.4 Å². The first kappa shape index (κ1) is 16.1. The molecule has 24 heavy (non-hydrogen) atoms. The van der Waals surface area contributed by atoms with Crippen LogP contribution < -0.4 is 15.0 Å². The summed E-state index contributed by atoms with van der Waals surface area (Å²) in [6, 6.07) is 10.7. The lowest BCUT2D eigenvalue weighted by molar-refractivity contribution is 0.355. The summed E-state index contributed by atoms with van der Waals surface area (Å²) in [6.07, 6.45) is 3.59. The Bertz CT molecular complexity index is 962. The van der Waals surface area contributed by atoms with Crippen molar-refractivity contribution >= 4 is 34.7 Å². The summed E-state index contributed by atoms with van der Waals surface area (Å²) in [7, 11) is 3.06. The summed E-state index contributed by atoms with van der Waals surface area (Å²) in [6.45, 7) is 0. The average molecular weight is 343 g/mol. The van der Waals surface area contributed by atoms with E-state index in [1.165, 1.54) is 14.2 Å². The number of aromatic amines is 1. The molecule has 0 aliphatic heterocycles. The van der Waals surface area contributed by atoms with E-state index in [1.54, 1.807) is 30.3 Å². The number of methoxy groups -OCH3 is 2. The fourth-order valence-electron chi connectivity index (χ4n) is 2.31. The van der Waals surface area contributed by atoms with Crippen molar-refractivity contribution in [3.05, 3.63) is 63.2 Å². The zero-order valence-corrected chi connectivity index (χ0v) is 13.9. The van der Waals surface area contributed by atoms with Crippen molar-refractivity contribution in [3.8, 4) is 11.5 Å². The second kappa shape index (κ2) is 6.76. The van der Waals surface area contributed by atoms with Crippen LogP contribution in [0.3, 0.4) is 0 Å². The van der Waals surface area contributed by atoms with Gasteiger partial charge in [-0.2, -0.15) is 0 Å². The van der Waals surface area contributed by atoms with Gasteiger partial charge in [-0.3, -0.25) is 4.79 Å². The van der Waals surface area contributed by atoms with Gasteiger partial charge in [-0.05, 0) is 29.8 Å². The molecular formula is C18H15ClN2O3. The van der Waals surface area contributed by atoms with E-state index in [0.29, 0.717) is 33.2 Å². The number of rotatable bonds is 4. The second-order valence-electron chi connectivity index (χ2n) is 5.06. The van der Waals surface area contributed by atoms with E-state index in [4.69, 9.17) is 21.1 Å². The molecule has 0 aliphatic carbocycles. The predicted octanol–water partition coefficient (Wildman–Crippen LogP) is 3.76. The number of fused-ring (bicyclic) bond motifs is 1. The molecule has 6 heteroatoms. The summed E-state index contributed by atoms with van der Waals surface area (Å²) < 4.78 is 10.5. The van der Waals surface area contributed by atoms with Gasteiger partial charge in [-0.25, -0.2) is 4.98 Å². The number of nitrogens with one attached hydrogen (secondary N) is 1. The number of benzene rings is 2. The van der Waals surface area contributed by atoms with Gasteiger partial charge in [-0.15, -0.1) is 0 Å². The molecular weight excluding hydrogens is 328 g/mol. The zero-order chi connectivity index (χ0) is 17.1. The Labute approximate surface area is 143 Å². The van der Waals surface area contributed by atoms with Crippen LogP contribution in [0, 0.1) is 0 Å². The maximum atomic E-state index is 12.3. The van der Waals surface area contributed by atoms with E-state index in [9.17, 15) is 4.79 Å². The van der Waals surface area contributed by atoms with Crippen LogP contribution in [0.15, 0.2) is 41.2 Å². The van der Waals surface area contributed by atoms with E-state index in [0.717, 1.165) is 5.56 Å². The largest absolute Gasteiger partial charge is 0.493 e. The number of halogens is 1. The van der Waals surface area contributed by atoms with E-state index < -0.39 is 0 Å². The highest BCUT2D eigenvalue weighted by Gasteiger charge is 2.10. The second-order valence-corrected chi connectivity index (χ2v) is 5.50. The molecule has 0 saturated heterocycles. The Morgan fingerprint density at radius 3 is 2.38 bits per heavy atom. The van der Waals surface area contributed by atoms with Crippen LogP contribution in [0.2, 0.25) is 5.02 Å². The SMILES string of the molecule is COc1cc2nc(/C=C/c3ccc(Cl)cc3)[nH]c(=O)c2cc1OC. The fourth-order valence-corrected chi connectivity index (χ4v) is 2.44. The van der Waals surface area contributed by atoms with Crippen LogP contribution in [-0.2, 0) is 0 Å². The first-order valence-electron chi connectivity index (χ1n) is 7.20. The molecule has 122 valence electrons. The van der Waals surface area contributed by atoms with Gasteiger partial charge in [0.1, 0.15) is 5.82 Å². The third-order valence-corrected chi connectivity index (χ3v) is 3.78. The molecule has 0 atom stereocenters. The van der Waals surface area contributed by atoms with Gasteiger partial charge in [0.25, 0.3) is 5.56 Å². The van der Waals surface area contributed by atoms with E-state index in [2.05, 4.69) is 9.97 Å². The molecule has 1 N–H and O–H groups in total. The number of H-pyrrole nitrogens is 1. The molecule has 5 nitrogen and oxygen atoms in total. The molecule has 0 radical (unpaired) electrons. The van der Waals surface area contributed by atoms with E-state index in [1.807, 2.05) is 18.2 Å². The predicted molar refractivity (Wildman–Crippen MR) is 95.8 cm³/mol. The van der Waals surface area contributed by atoms with Crippen molar-refractivity contribution in [1.29, 1.82) is 0 Å². The van der Waals surface area contributed by atoms with Crippen LogP contribution in [0.4, 0.5) is 0 Å². The fraction of sp³-hybridized carbons (Fsp3) is 0.111. The van der Waals surface area contributed by atoms with Crippen LogP contribution in [0.25, 0.3) is 23.1 Å². The van der Waals surface area contributed by atoms with E-state index in [-0.39, 0.29) is 5.56 Å². The maximum absolute atomic E-state index is 12.3. The minimum atomic E-state index is -0.239. The normalized spacial score (nSPS) is 11.1. The van der Waals surface area contributed by atoms with Gasteiger partial charge in [0, 0.05) is 11.1 Å². The zero-order valence-electron chi connectivity index (χ0n) is 13.2. The molecule has 0 unspecified atom stereocenters. The maximum Gasteiger partial charge on any atom is 0.259 e. The minimum absolute atomic E-state index is 0.239. The molecule has 0 spiro atoms. The molecule has 0 saturated carbocycles. The van der Waals surface area contributed by atoms with Crippen molar-refractivity contribution in [2.45, 2.75) is 0 Å². The van der Waals surface area contributed by atoms with Crippen LogP contribution in [0.5, 0.6) is 11.5 Å². The standard InChI is InChI=1S/C18H15ClN2O3/c1-23-15-9-13-14(10-16(15)24-2)20-17(21-18(13)22)8-5-11-3-6-12(19)7-4-11/h3-10H,1-2H3,(H,20,21,22)/b8-5+. The first-order valence-corrected chi connectivity index (χ1v) is 7.58. The molecule has 0 bridgehead atoms. The summed E-state index contributed by atoms with van der Waals surface area (Å²) in [5.74, 6) is 1.46. The molecule has 1 heterocycles. The highest BCUT2D eigenvalue weighted by Crippen LogP contribution is 2.29. The minimum Gasteiger partial charge on any atom is -0.493 e. The van der Waals surface area contributed by atoms with Gasteiger partial charge in [0.2, 0.25) is 0 Å². The molecule has 3 aromatic rings. The average Bonchev–Trinajstić information content (AvgIpc) is 2.60. The van der Waals surface area contributed by atoms with Gasteiger partial charge in [0.05, 0.1) is 25.1 Å². The smallest absolute Gasteiger partial charge is 0.259 e. The number of nitrogens with zero attached hydrogens (tertiary/aromatic N) is 1. The summed E-state index contributed by atoms with van der Waals surface area (Å²) >= 11 is 5.86. The third kappa shape index (κ3) is 3.26. The Kier molecular flexibility index (Phi) is 4.53. The summed E-state index contributed by atoms with van der Waals surface area (Å²) in [4.78, 5) is 19.5. The number of ether oxygens (including phenoxy) is 2. The van der Waals surface area contributed by atoms with Gasteiger partial charge < -0.3 is 14.5 Å². The van der Waals surface area contributed by atoms with Crippen molar-refractivity contribution < 1.29 is 9.47 Å². The van der Waals surface area contributed by atoms with Crippen LogP contribution in [-0.4, -0.2) is 24.2 Å². The topological polar surface area (TPSA) is 64.2 Å². The third-order valence-electron chi connectivity index (χ3n) is 3.53. The highest BCUT2D eigenvalue weighted by atomic mass is 35.5. The Morgan fingerprint density at radius 2 is 1.71 bits per heavy atom. The molecule has 0 fully saturated rings. The molecule has 3 rings (SSSR count). The summed E-state index contributed by atoms with van der Waals surface area (Å²) in [5, 5.41) is 1.11. The van der Waals surface area contributed by atoms with Crippen molar-refractivity contribution in [2.75, 3.05) is 14.2 Å². The highest BCUT2D eigenvalue weighted by molar-refractivity contribution is 6.30. The van der Waals surface area contributed by atoms with Gasteiger partial charge in [-0.1, -0.05) is 29.8 Å². The lowest BCUT2D eigenvalue weighted by Crippen LogP contribution is -2.10. The van der Waals surface area contributed by atoms with Crippen LogP contribution >= 0.6 is 11.6 Å². The summed E-state index contributed by atoms with van der Waals surface area (Å²) in [5.41, 5.74) is 1.25. The molecule has 0 aliphatic rings. The number of hydrogen-bond acceptors (Lipinski definition) is 4. The van der Waals surface area contributed by atoms with Crippen molar-refractivity contribution in [3.63, 3.8) is 0 Å². The number of aromatic nitrogens is 2. The Morgan fingerprint density at radius 1 is 1.04 bits per heavy atom. The molecule has 2 aromatic carbocycles. The number of hydrogen-bond donors (Lipinski definition) is 1. The molecule has 1 aromatic heterocycles.